The Morgan fingerprint density at radius 3 is 2.96 bits per heavy atom. The van der Waals surface area contributed by atoms with Crippen LogP contribution in [-0.4, -0.2) is 41.5 Å². The van der Waals surface area contributed by atoms with Crippen molar-refractivity contribution in [3.05, 3.63) is 41.3 Å². The largest absolute Gasteiger partial charge is 0.352 e. The molecule has 1 N–H and O–H groups in total. The van der Waals surface area contributed by atoms with Gasteiger partial charge in [-0.3, -0.25) is 9.78 Å². The number of rotatable bonds is 3. The molecule has 1 aromatic heterocycles. The number of pyridine rings is 1. The molecule has 2 aromatic rings. The van der Waals surface area contributed by atoms with Crippen LogP contribution >= 0.6 is 0 Å². The van der Waals surface area contributed by atoms with Gasteiger partial charge in [0, 0.05) is 23.7 Å². The van der Waals surface area contributed by atoms with E-state index in [-0.39, 0.29) is 11.7 Å². The fourth-order valence-corrected chi connectivity index (χ4v) is 4.65. The molecule has 2 aliphatic heterocycles. The van der Waals surface area contributed by atoms with E-state index in [2.05, 4.69) is 15.2 Å². The predicted octanol–water partition coefficient (Wildman–Crippen LogP) is 3.68. The Hall–Kier alpha value is -2.01. The molecule has 2 aliphatic rings. The first-order chi connectivity index (χ1) is 12.6. The number of aromatic nitrogens is 1. The number of benzene rings is 1. The van der Waals surface area contributed by atoms with Gasteiger partial charge in [0.25, 0.3) is 5.91 Å². The van der Waals surface area contributed by atoms with Crippen molar-refractivity contribution in [3.63, 3.8) is 0 Å². The van der Waals surface area contributed by atoms with Crippen LogP contribution in [0, 0.1) is 18.7 Å². The lowest BCUT2D eigenvalue weighted by atomic mass is 9.83. The summed E-state index contributed by atoms with van der Waals surface area (Å²) >= 11 is 0. The number of carbonyl (C=O) groups is 1. The van der Waals surface area contributed by atoms with Crippen LogP contribution in [0.3, 0.4) is 0 Å². The molecule has 0 bridgehead atoms. The van der Waals surface area contributed by atoms with Gasteiger partial charge >= 0.3 is 0 Å². The Kier molecular flexibility index (Phi) is 4.90. The Morgan fingerprint density at radius 2 is 2.08 bits per heavy atom. The number of hydrogen-bond donors (Lipinski definition) is 1. The number of halogens is 1. The highest BCUT2D eigenvalue weighted by Crippen LogP contribution is 2.30. The third-order valence-corrected chi connectivity index (χ3v) is 5.90. The fourth-order valence-electron chi connectivity index (χ4n) is 4.65. The number of carbonyl (C=O) groups excluding carboxylic acids is 1. The number of fused-ring (bicyclic) bond motifs is 2. The third kappa shape index (κ3) is 3.45. The molecule has 0 unspecified atom stereocenters. The summed E-state index contributed by atoms with van der Waals surface area (Å²) in [5, 5.41) is 3.70. The van der Waals surface area contributed by atoms with Crippen molar-refractivity contribution < 1.29 is 9.18 Å². The molecular weight excluding hydrogens is 329 g/mol. The summed E-state index contributed by atoms with van der Waals surface area (Å²) < 4.78 is 13.7. The van der Waals surface area contributed by atoms with Crippen LogP contribution in [0.25, 0.3) is 10.9 Å². The van der Waals surface area contributed by atoms with Gasteiger partial charge in [-0.2, -0.15) is 0 Å². The van der Waals surface area contributed by atoms with Crippen LogP contribution in [0.1, 0.15) is 48.2 Å². The Morgan fingerprint density at radius 1 is 1.23 bits per heavy atom. The van der Waals surface area contributed by atoms with Gasteiger partial charge in [-0.15, -0.1) is 0 Å². The van der Waals surface area contributed by atoms with Gasteiger partial charge < -0.3 is 10.2 Å². The SMILES string of the molecule is Cc1cc(C(=O)NC[C@H]2CCCN3CCCC[C@H]23)c2cc(F)ccc2n1. The fraction of sp³-hybridized carbons (Fsp3) is 0.524. The summed E-state index contributed by atoms with van der Waals surface area (Å²) in [6.07, 6.45) is 6.21. The number of nitrogens with one attached hydrogen (secondary N) is 1. The number of piperidine rings is 2. The van der Waals surface area contributed by atoms with E-state index < -0.39 is 0 Å². The van der Waals surface area contributed by atoms with E-state index in [1.54, 1.807) is 12.1 Å². The van der Waals surface area contributed by atoms with Crippen molar-refractivity contribution in [2.75, 3.05) is 19.6 Å². The van der Waals surface area contributed by atoms with Gasteiger partial charge in [0.15, 0.2) is 0 Å². The maximum absolute atomic E-state index is 13.7. The second-order valence-electron chi connectivity index (χ2n) is 7.68. The minimum absolute atomic E-state index is 0.126. The second-order valence-corrected chi connectivity index (χ2v) is 7.68. The van der Waals surface area contributed by atoms with E-state index in [4.69, 9.17) is 0 Å². The van der Waals surface area contributed by atoms with Gasteiger partial charge in [-0.25, -0.2) is 4.39 Å². The lowest BCUT2D eigenvalue weighted by Crippen LogP contribution is -2.51. The van der Waals surface area contributed by atoms with E-state index in [0.29, 0.717) is 35.0 Å². The summed E-state index contributed by atoms with van der Waals surface area (Å²) in [6.45, 7) is 4.95. The molecule has 2 fully saturated rings. The zero-order valence-corrected chi connectivity index (χ0v) is 15.3. The average Bonchev–Trinajstić information content (AvgIpc) is 2.65. The molecule has 0 saturated carbocycles. The third-order valence-electron chi connectivity index (χ3n) is 5.90. The quantitative estimate of drug-likeness (QED) is 0.914. The average molecular weight is 355 g/mol. The summed E-state index contributed by atoms with van der Waals surface area (Å²) in [7, 11) is 0. The van der Waals surface area contributed by atoms with Crippen molar-refractivity contribution in [2.24, 2.45) is 5.92 Å². The molecule has 1 amide bonds. The van der Waals surface area contributed by atoms with Crippen molar-refractivity contribution in [3.8, 4) is 0 Å². The van der Waals surface area contributed by atoms with E-state index >= 15 is 0 Å². The van der Waals surface area contributed by atoms with E-state index in [9.17, 15) is 9.18 Å². The monoisotopic (exact) mass is 355 g/mol. The molecule has 4 nitrogen and oxygen atoms in total. The lowest BCUT2D eigenvalue weighted by molar-refractivity contribution is 0.0576. The molecule has 1 aromatic carbocycles. The van der Waals surface area contributed by atoms with E-state index in [1.165, 1.54) is 57.3 Å². The molecule has 0 aliphatic carbocycles. The van der Waals surface area contributed by atoms with Gasteiger partial charge in [0.1, 0.15) is 5.82 Å². The normalized spacial score (nSPS) is 23.6. The minimum atomic E-state index is -0.345. The van der Waals surface area contributed by atoms with Gasteiger partial charge in [0.05, 0.1) is 11.1 Å². The van der Waals surface area contributed by atoms with Gasteiger partial charge in [0.2, 0.25) is 0 Å². The van der Waals surface area contributed by atoms with Crippen LogP contribution in [0.4, 0.5) is 4.39 Å². The zero-order valence-electron chi connectivity index (χ0n) is 15.3. The summed E-state index contributed by atoms with van der Waals surface area (Å²) in [4.78, 5) is 19.9. The Bertz CT molecular complexity index is 820. The lowest BCUT2D eigenvalue weighted by Gasteiger charge is -2.44. The highest BCUT2D eigenvalue weighted by molar-refractivity contribution is 6.06. The van der Waals surface area contributed by atoms with Crippen LogP contribution < -0.4 is 5.32 Å². The van der Waals surface area contributed by atoms with Crippen LogP contribution in [0.15, 0.2) is 24.3 Å². The first-order valence-corrected chi connectivity index (χ1v) is 9.71. The first-order valence-electron chi connectivity index (χ1n) is 9.71. The molecule has 3 heterocycles. The standard InChI is InChI=1S/C21H26FN3O/c1-14-11-18(17-12-16(22)7-8-19(17)24-14)21(26)23-13-15-5-4-10-25-9-3-2-6-20(15)25/h7-8,11-12,15,20H,2-6,9-10,13H2,1H3,(H,23,26)/t15-,20-/m1/s1. The molecular formula is C21H26FN3O. The maximum Gasteiger partial charge on any atom is 0.252 e. The van der Waals surface area contributed by atoms with Gasteiger partial charge in [-0.1, -0.05) is 6.42 Å². The predicted molar refractivity (Wildman–Crippen MR) is 101 cm³/mol. The highest BCUT2D eigenvalue weighted by Gasteiger charge is 2.33. The molecule has 0 spiro atoms. The minimum Gasteiger partial charge on any atom is -0.352 e. The molecule has 138 valence electrons. The topological polar surface area (TPSA) is 45.2 Å². The molecule has 5 heteroatoms. The number of nitrogens with zero attached hydrogens (tertiary/aromatic N) is 2. The van der Waals surface area contributed by atoms with Crippen LogP contribution in [0.5, 0.6) is 0 Å². The number of amides is 1. The van der Waals surface area contributed by atoms with Crippen molar-refractivity contribution in [1.82, 2.24) is 15.2 Å². The van der Waals surface area contributed by atoms with Crippen LogP contribution in [0.2, 0.25) is 0 Å². The molecule has 2 saturated heterocycles. The smallest absolute Gasteiger partial charge is 0.252 e. The summed E-state index contributed by atoms with van der Waals surface area (Å²) in [6, 6.07) is 6.78. The highest BCUT2D eigenvalue weighted by atomic mass is 19.1. The van der Waals surface area contributed by atoms with E-state index in [1.807, 2.05) is 6.92 Å². The second kappa shape index (κ2) is 7.31. The molecule has 4 rings (SSSR count). The first kappa shape index (κ1) is 17.4. The Labute approximate surface area is 153 Å². The summed E-state index contributed by atoms with van der Waals surface area (Å²) in [5.74, 6) is 0.0419. The molecule has 26 heavy (non-hydrogen) atoms. The zero-order chi connectivity index (χ0) is 18.1. The van der Waals surface area contributed by atoms with Crippen LogP contribution in [-0.2, 0) is 0 Å². The van der Waals surface area contributed by atoms with Crippen molar-refractivity contribution in [1.29, 1.82) is 0 Å². The Balaban J connectivity index is 1.51. The maximum atomic E-state index is 13.7. The van der Waals surface area contributed by atoms with Crippen molar-refractivity contribution in [2.45, 2.75) is 45.1 Å². The summed E-state index contributed by atoms with van der Waals surface area (Å²) in [5.41, 5.74) is 1.95. The molecule has 0 radical (unpaired) electrons. The van der Waals surface area contributed by atoms with Crippen molar-refractivity contribution >= 4 is 16.8 Å². The number of aryl methyl sites for hydroxylation is 1. The molecule has 2 atom stereocenters. The van der Waals surface area contributed by atoms with E-state index in [0.717, 1.165) is 5.69 Å². The number of hydrogen-bond acceptors (Lipinski definition) is 3. The van der Waals surface area contributed by atoms with Gasteiger partial charge in [-0.05, 0) is 75.9 Å².